The van der Waals surface area contributed by atoms with E-state index >= 15 is 0 Å². The predicted octanol–water partition coefficient (Wildman–Crippen LogP) is 1.51. The second kappa shape index (κ2) is 7.23. The summed E-state index contributed by atoms with van der Waals surface area (Å²) in [4.78, 5) is 25.0. The fraction of sp³-hybridized carbons (Fsp3) is 0.312. The number of carbonyl (C=O) groups excluding carboxylic acids is 2. The summed E-state index contributed by atoms with van der Waals surface area (Å²) in [6, 6.07) is 0. The van der Waals surface area contributed by atoms with E-state index in [0.29, 0.717) is 22.1 Å². The van der Waals surface area contributed by atoms with E-state index in [0.717, 1.165) is 5.69 Å². The molecule has 0 saturated carbocycles. The Morgan fingerprint density at radius 1 is 1.07 bits per heavy atom. The molecule has 0 aromatic carbocycles. The fourth-order valence-electron chi connectivity index (χ4n) is 2.51. The van der Waals surface area contributed by atoms with Crippen molar-refractivity contribution in [3.05, 3.63) is 40.7 Å². The van der Waals surface area contributed by atoms with Crippen LogP contribution in [0.5, 0.6) is 0 Å². The lowest BCUT2D eigenvalue weighted by Gasteiger charge is -2.09. The van der Waals surface area contributed by atoms with Crippen molar-refractivity contribution in [1.29, 1.82) is 0 Å². The van der Waals surface area contributed by atoms with E-state index in [-0.39, 0.29) is 18.1 Å². The van der Waals surface area contributed by atoms with Crippen LogP contribution in [0, 0.1) is 13.8 Å². The zero-order valence-electron chi connectivity index (χ0n) is 15.3. The molecule has 3 rings (SSSR count). The van der Waals surface area contributed by atoms with Crippen molar-refractivity contribution in [2.24, 2.45) is 14.1 Å². The lowest BCUT2D eigenvalue weighted by Crippen LogP contribution is -2.23. The van der Waals surface area contributed by atoms with Crippen molar-refractivity contribution in [2.75, 3.05) is 10.6 Å². The number of hydrogen-bond acceptors (Lipinski definition) is 5. The number of aryl methyl sites for hydroxylation is 3. The van der Waals surface area contributed by atoms with Crippen molar-refractivity contribution < 1.29 is 9.59 Å². The molecule has 142 valence electrons. The van der Waals surface area contributed by atoms with Crippen LogP contribution in [0.15, 0.2) is 18.6 Å². The number of halogens is 1. The van der Waals surface area contributed by atoms with Crippen molar-refractivity contribution in [3.63, 3.8) is 0 Å². The Morgan fingerprint density at radius 3 is 2.33 bits per heavy atom. The normalized spacial score (nSPS) is 10.9. The van der Waals surface area contributed by atoms with E-state index in [1.54, 1.807) is 38.1 Å². The van der Waals surface area contributed by atoms with E-state index in [4.69, 9.17) is 11.6 Å². The highest BCUT2D eigenvalue weighted by atomic mass is 35.5. The van der Waals surface area contributed by atoms with Gasteiger partial charge in [0.25, 0.3) is 5.91 Å². The molecule has 27 heavy (non-hydrogen) atoms. The van der Waals surface area contributed by atoms with E-state index < -0.39 is 5.91 Å². The Bertz CT molecular complexity index is 996. The minimum atomic E-state index is -0.403. The molecular weight excluding hydrogens is 372 g/mol. The zero-order chi connectivity index (χ0) is 19.7. The van der Waals surface area contributed by atoms with Crippen LogP contribution < -0.4 is 10.6 Å². The minimum Gasteiger partial charge on any atom is -0.321 e. The first-order chi connectivity index (χ1) is 12.8. The van der Waals surface area contributed by atoms with Gasteiger partial charge in [-0.2, -0.15) is 15.3 Å². The lowest BCUT2D eigenvalue weighted by atomic mass is 10.3. The molecule has 0 bridgehead atoms. The third-order valence-electron chi connectivity index (χ3n) is 4.10. The van der Waals surface area contributed by atoms with Gasteiger partial charge >= 0.3 is 0 Å². The number of nitrogens with one attached hydrogen (secondary N) is 2. The Morgan fingerprint density at radius 2 is 1.74 bits per heavy atom. The van der Waals surface area contributed by atoms with Crippen LogP contribution in [0.4, 0.5) is 11.4 Å². The second-order valence-corrected chi connectivity index (χ2v) is 6.47. The molecule has 2 N–H and O–H groups in total. The first kappa shape index (κ1) is 18.6. The Labute approximate surface area is 160 Å². The molecule has 11 heteroatoms. The van der Waals surface area contributed by atoms with Crippen molar-refractivity contribution in [2.45, 2.75) is 20.4 Å². The smallest absolute Gasteiger partial charge is 0.276 e. The van der Waals surface area contributed by atoms with Gasteiger partial charge in [0.15, 0.2) is 0 Å². The molecule has 0 atom stereocenters. The quantitative estimate of drug-likeness (QED) is 0.685. The maximum atomic E-state index is 12.7. The molecule has 0 fully saturated rings. The molecule has 10 nitrogen and oxygen atoms in total. The Hall–Kier alpha value is -3.14. The van der Waals surface area contributed by atoms with Gasteiger partial charge in [0.2, 0.25) is 5.91 Å². The van der Waals surface area contributed by atoms with Crippen molar-refractivity contribution in [1.82, 2.24) is 29.3 Å². The standard InChI is InChI=1S/C16H19ClN8O2/c1-9-11(17)7-25(22-9)8-14(26)20-13-6-19-24(4)15(13)16(27)21-12-5-18-23(3)10(12)2/h5-7H,8H2,1-4H3,(H,20,26)(H,21,27). The molecule has 0 aliphatic rings. The van der Waals surface area contributed by atoms with Crippen LogP contribution in [0.3, 0.4) is 0 Å². The second-order valence-electron chi connectivity index (χ2n) is 6.06. The molecule has 0 unspecified atom stereocenters. The molecule has 0 saturated heterocycles. The summed E-state index contributed by atoms with van der Waals surface area (Å²) in [6.07, 6.45) is 4.55. The van der Waals surface area contributed by atoms with E-state index in [1.165, 1.54) is 15.6 Å². The number of aromatic nitrogens is 6. The van der Waals surface area contributed by atoms with Crippen molar-refractivity contribution in [3.8, 4) is 0 Å². The molecule has 0 aliphatic carbocycles. The molecular formula is C16H19ClN8O2. The van der Waals surface area contributed by atoms with Crippen LogP contribution >= 0.6 is 11.6 Å². The summed E-state index contributed by atoms with van der Waals surface area (Å²) < 4.78 is 4.48. The van der Waals surface area contributed by atoms with Crippen LogP contribution in [0.1, 0.15) is 21.9 Å². The van der Waals surface area contributed by atoms with Gasteiger partial charge in [-0.1, -0.05) is 11.6 Å². The third kappa shape index (κ3) is 3.85. The highest BCUT2D eigenvalue weighted by Crippen LogP contribution is 2.19. The minimum absolute atomic E-state index is 0.0365. The number of hydrogen-bond donors (Lipinski definition) is 2. The highest BCUT2D eigenvalue weighted by molar-refractivity contribution is 6.31. The summed E-state index contributed by atoms with van der Waals surface area (Å²) in [5, 5.41) is 18.2. The van der Waals surface area contributed by atoms with Crippen LogP contribution in [0.2, 0.25) is 5.02 Å². The van der Waals surface area contributed by atoms with Crippen LogP contribution in [0.25, 0.3) is 0 Å². The maximum Gasteiger partial charge on any atom is 0.276 e. The number of amides is 2. The monoisotopic (exact) mass is 390 g/mol. The molecule has 0 spiro atoms. The van der Waals surface area contributed by atoms with Crippen LogP contribution in [-0.4, -0.2) is 41.2 Å². The molecule has 0 radical (unpaired) electrons. The summed E-state index contributed by atoms with van der Waals surface area (Å²) in [5.74, 6) is -0.756. The molecule has 0 aliphatic heterocycles. The number of rotatable bonds is 5. The first-order valence-corrected chi connectivity index (χ1v) is 8.45. The topological polar surface area (TPSA) is 112 Å². The van der Waals surface area contributed by atoms with Gasteiger partial charge in [-0.05, 0) is 13.8 Å². The maximum absolute atomic E-state index is 12.7. The molecule has 2 amide bonds. The summed E-state index contributed by atoms with van der Waals surface area (Å²) in [5.41, 5.74) is 2.56. The van der Waals surface area contributed by atoms with Gasteiger partial charge in [0, 0.05) is 20.3 Å². The average Bonchev–Trinajstić information content (AvgIpc) is 3.21. The van der Waals surface area contributed by atoms with E-state index in [9.17, 15) is 9.59 Å². The summed E-state index contributed by atoms with van der Waals surface area (Å²) in [6.45, 7) is 3.55. The van der Waals surface area contributed by atoms with Gasteiger partial charge < -0.3 is 10.6 Å². The van der Waals surface area contributed by atoms with Gasteiger partial charge in [-0.3, -0.25) is 23.6 Å². The predicted molar refractivity (Wildman–Crippen MR) is 99.7 cm³/mol. The SMILES string of the molecule is Cc1nn(CC(=O)Nc2cnn(C)c2C(=O)Nc2cnn(C)c2C)cc1Cl. The van der Waals surface area contributed by atoms with Crippen molar-refractivity contribution >= 4 is 34.8 Å². The molecule has 3 aromatic heterocycles. The molecule has 3 heterocycles. The van der Waals surface area contributed by atoms with Gasteiger partial charge in [0.1, 0.15) is 12.2 Å². The van der Waals surface area contributed by atoms with E-state index in [2.05, 4.69) is 25.9 Å². The van der Waals surface area contributed by atoms with Gasteiger partial charge in [0.05, 0.1) is 40.2 Å². The van der Waals surface area contributed by atoms with E-state index in [1.807, 2.05) is 6.92 Å². The zero-order valence-corrected chi connectivity index (χ0v) is 16.1. The highest BCUT2D eigenvalue weighted by Gasteiger charge is 2.20. The summed E-state index contributed by atoms with van der Waals surface area (Å²) >= 11 is 5.95. The summed E-state index contributed by atoms with van der Waals surface area (Å²) in [7, 11) is 3.40. The van der Waals surface area contributed by atoms with Gasteiger partial charge in [-0.25, -0.2) is 0 Å². The largest absolute Gasteiger partial charge is 0.321 e. The Balaban J connectivity index is 1.74. The fourth-order valence-corrected chi connectivity index (χ4v) is 2.66. The first-order valence-electron chi connectivity index (χ1n) is 8.07. The third-order valence-corrected chi connectivity index (χ3v) is 4.47. The molecule has 3 aromatic rings. The average molecular weight is 391 g/mol. The van der Waals surface area contributed by atoms with Gasteiger partial charge in [-0.15, -0.1) is 0 Å². The lowest BCUT2D eigenvalue weighted by molar-refractivity contribution is -0.116. The number of carbonyl (C=O) groups is 2. The van der Waals surface area contributed by atoms with Crippen LogP contribution in [-0.2, 0) is 25.4 Å². The number of anilines is 2. The Kier molecular flexibility index (Phi) is 5.00. The number of nitrogens with zero attached hydrogens (tertiary/aromatic N) is 6.